The van der Waals surface area contributed by atoms with Crippen LogP contribution in [0, 0.1) is 5.92 Å². The maximum Gasteiger partial charge on any atom is 0.245 e. The molecule has 0 unspecified atom stereocenters. The Kier molecular flexibility index (Phi) is 2.81. The number of hydrogen-bond donors (Lipinski definition) is 0. The fourth-order valence-electron chi connectivity index (χ4n) is 1.43. The zero-order valence-corrected chi connectivity index (χ0v) is 8.97. The van der Waals surface area contributed by atoms with Gasteiger partial charge >= 0.3 is 0 Å². The van der Waals surface area contributed by atoms with Crippen LogP contribution < -0.4 is 0 Å². The highest BCUT2D eigenvalue weighted by molar-refractivity contribution is 5.46. The molecule has 2 heterocycles. The van der Waals surface area contributed by atoms with Gasteiger partial charge < -0.3 is 4.42 Å². The summed E-state index contributed by atoms with van der Waals surface area (Å²) < 4.78 is 5.38. The average molecular weight is 202 g/mol. The summed E-state index contributed by atoms with van der Waals surface area (Å²) >= 11 is 0. The minimum absolute atomic E-state index is 0.590. The molecule has 0 spiro atoms. The van der Waals surface area contributed by atoms with Crippen LogP contribution >= 0.6 is 0 Å². The van der Waals surface area contributed by atoms with E-state index in [-0.39, 0.29) is 0 Å². The molecule has 2 aromatic heterocycles. The van der Waals surface area contributed by atoms with Gasteiger partial charge in [0.05, 0.1) is 5.69 Å². The molecule has 0 radical (unpaired) electrons. The zero-order valence-electron chi connectivity index (χ0n) is 8.97. The Labute approximate surface area is 89.2 Å². The van der Waals surface area contributed by atoms with Gasteiger partial charge in [0, 0.05) is 6.20 Å². The van der Waals surface area contributed by atoms with Crippen LogP contribution in [0.1, 0.15) is 19.5 Å². The van der Waals surface area contributed by atoms with Gasteiger partial charge in [-0.15, -0.1) is 0 Å². The molecule has 2 aromatic rings. The third kappa shape index (κ3) is 2.43. The summed E-state index contributed by atoms with van der Waals surface area (Å²) in [6.07, 6.45) is 4.39. The molecule has 3 nitrogen and oxygen atoms in total. The fraction of sp³-hybridized carbons (Fsp3) is 0.333. The molecule has 3 heteroatoms. The van der Waals surface area contributed by atoms with Crippen LogP contribution in [-0.2, 0) is 6.42 Å². The van der Waals surface area contributed by atoms with E-state index in [9.17, 15) is 0 Å². The van der Waals surface area contributed by atoms with Crippen molar-refractivity contribution < 1.29 is 4.42 Å². The molecular weight excluding hydrogens is 188 g/mol. The van der Waals surface area contributed by atoms with E-state index in [1.807, 2.05) is 18.2 Å². The number of aromatic nitrogens is 2. The molecule has 0 aliphatic heterocycles. The molecular formula is C12H14N2O. The predicted octanol–water partition coefficient (Wildman–Crippen LogP) is 2.94. The quantitative estimate of drug-likeness (QED) is 0.768. The predicted molar refractivity (Wildman–Crippen MR) is 58.3 cm³/mol. The Bertz CT molecular complexity index is 420. The summed E-state index contributed by atoms with van der Waals surface area (Å²) in [5.41, 5.74) is 1.78. The maximum atomic E-state index is 5.38. The van der Waals surface area contributed by atoms with E-state index in [2.05, 4.69) is 23.8 Å². The Morgan fingerprint density at radius 2 is 2.20 bits per heavy atom. The van der Waals surface area contributed by atoms with Crippen molar-refractivity contribution in [1.82, 2.24) is 9.97 Å². The number of rotatable bonds is 3. The third-order valence-corrected chi connectivity index (χ3v) is 2.05. The van der Waals surface area contributed by atoms with Gasteiger partial charge in [0.15, 0.2) is 0 Å². The Morgan fingerprint density at radius 1 is 1.33 bits per heavy atom. The second-order valence-electron chi connectivity index (χ2n) is 3.96. The summed E-state index contributed by atoms with van der Waals surface area (Å²) in [6.45, 7) is 4.32. The maximum absolute atomic E-state index is 5.38. The molecule has 78 valence electrons. The van der Waals surface area contributed by atoms with Gasteiger partial charge in [-0.05, 0) is 24.5 Å². The van der Waals surface area contributed by atoms with E-state index in [0.717, 1.165) is 17.8 Å². The molecule has 0 N–H and O–H groups in total. The molecule has 0 aromatic carbocycles. The van der Waals surface area contributed by atoms with Crippen molar-refractivity contribution in [1.29, 1.82) is 0 Å². The second-order valence-corrected chi connectivity index (χ2v) is 3.96. The summed E-state index contributed by atoms with van der Waals surface area (Å²) in [4.78, 5) is 8.58. The van der Waals surface area contributed by atoms with Crippen molar-refractivity contribution in [3.8, 4) is 11.6 Å². The molecule has 0 amide bonds. The summed E-state index contributed by atoms with van der Waals surface area (Å²) in [5.74, 6) is 1.19. The van der Waals surface area contributed by atoms with Crippen molar-refractivity contribution in [2.24, 2.45) is 5.92 Å². The van der Waals surface area contributed by atoms with E-state index >= 15 is 0 Å². The lowest BCUT2D eigenvalue weighted by Gasteiger charge is -1.97. The van der Waals surface area contributed by atoms with Crippen LogP contribution in [0.15, 0.2) is 35.1 Å². The SMILES string of the molecule is CC(C)Cc1coc(-c2ccccn2)n1. The average Bonchev–Trinajstić information content (AvgIpc) is 2.67. The topological polar surface area (TPSA) is 38.9 Å². The second kappa shape index (κ2) is 4.26. The molecule has 15 heavy (non-hydrogen) atoms. The third-order valence-electron chi connectivity index (χ3n) is 2.05. The van der Waals surface area contributed by atoms with Gasteiger partial charge in [0.1, 0.15) is 12.0 Å². The fourth-order valence-corrected chi connectivity index (χ4v) is 1.43. The zero-order chi connectivity index (χ0) is 10.7. The first kappa shape index (κ1) is 9.90. The van der Waals surface area contributed by atoms with Crippen LogP contribution in [-0.4, -0.2) is 9.97 Å². The summed E-state index contributed by atoms with van der Waals surface area (Å²) in [5, 5.41) is 0. The van der Waals surface area contributed by atoms with E-state index < -0.39 is 0 Å². The van der Waals surface area contributed by atoms with Gasteiger partial charge in [-0.3, -0.25) is 4.98 Å². The van der Waals surface area contributed by atoms with Crippen molar-refractivity contribution in [2.45, 2.75) is 20.3 Å². The van der Waals surface area contributed by atoms with Crippen LogP contribution in [0.3, 0.4) is 0 Å². The summed E-state index contributed by atoms with van der Waals surface area (Å²) in [7, 11) is 0. The lowest BCUT2D eigenvalue weighted by atomic mass is 10.1. The van der Waals surface area contributed by atoms with Crippen molar-refractivity contribution in [2.75, 3.05) is 0 Å². The van der Waals surface area contributed by atoms with Crippen LogP contribution in [0.4, 0.5) is 0 Å². The van der Waals surface area contributed by atoms with E-state index in [1.54, 1.807) is 12.5 Å². The van der Waals surface area contributed by atoms with Crippen LogP contribution in [0.5, 0.6) is 0 Å². The molecule has 0 aliphatic rings. The van der Waals surface area contributed by atoms with Gasteiger partial charge in [-0.1, -0.05) is 19.9 Å². The minimum atomic E-state index is 0.590. The number of pyridine rings is 1. The molecule has 0 atom stereocenters. The molecule has 0 bridgehead atoms. The largest absolute Gasteiger partial charge is 0.443 e. The molecule has 0 saturated carbocycles. The van der Waals surface area contributed by atoms with Gasteiger partial charge in [-0.2, -0.15) is 0 Å². The lowest BCUT2D eigenvalue weighted by molar-refractivity contribution is 0.565. The number of hydrogen-bond acceptors (Lipinski definition) is 3. The highest BCUT2D eigenvalue weighted by Gasteiger charge is 2.08. The van der Waals surface area contributed by atoms with Crippen LogP contribution in [0.2, 0.25) is 0 Å². The minimum Gasteiger partial charge on any atom is -0.443 e. The standard InChI is InChI=1S/C12H14N2O/c1-9(2)7-10-8-15-12(14-10)11-5-3-4-6-13-11/h3-6,8-9H,7H2,1-2H3. The van der Waals surface area contributed by atoms with E-state index in [1.165, 1.54) is 0 Å². The first-order valence-corrected chi connectivity index (χ1v) is 5.11. The first-order chi connectivity index (χ1) is 7.25. The highest BCUT2D eigenvalue weighted by Crippen LogP contribution is 2.16. The Morgan fingerprint density at radius 3 is 2.87 bits per heavy atom. The van der Waals surface area contributed by atoms with Gasteiger partial charge in [0.25, 0.3) is 0 Å². The lowest BCUT2D eigenvalue weighted by Crippen LogP contribution is -1.93. The normalized spacial score (nSPS) is 10.9. The van der Waals surface area contributed by atoms with Crippen molar-refractivity contribution in [3.05, 3.63) is 36.4 Å². The smallest absolute Gasteiger partial charge is 0.245 e. The Balaban J connectivity index is 2.21. The van der Waals surface area contributed by atoms with E-state index in [0.29, 0.717) is 11.8 Å². The van der Waals surface area contributed by atoms with Crippen molar-refractivity contribution >= 4 is 0 Å². The highest BCUT2D eigenvalue weighted by atomic mass is 16.3. The molecule has 0 aliphatic carbocycles. The monoisotopic (exact) mass is 202 g/mol. The van der Waals surface area contributed by atoms with Gasteiger partial charge in [-0.25, -0.2) is 4.98 Å². The summed E-state index contributed by atoms with van der Waals surface area (Å²) in [6, 6.07) is 5.70. The van der Waals surface area contributed by atoms with E-state index in [4.69, 9.17) is 4.42 Å². The molecule has 0 saturated heterocycles. The number of nitrogens with zero attached hydrogens (tertiary/aromatic N) is 2. The molecule has 0 fully saturated rings. The first-order valence-electron chi connectivity index (χ1n) is 5.11. The molecule has 2 rings (SSSR count). The van der Waals surface area contributed by atoms with Crippen LogP contribution in [0.25, 0.3) is 11.6 Å². The van der Waals surface area contributed by atoms with Crippen molar-refractivity contribution in [3.63, 3.8) is 0 Å². The van der Waals surface area contributed by atoms with Gasteiger partial charge in [0.2, 0.25) is 5.89 Å². The Hall–Kier alpha value is -1.64. The number of oxazole rings is 1.